The quantitative estimate of drug-likeness (QED) is 0.0187. The monoisotopic (exact) mass is 1280 g/mol. The maximum absolute atomic E-state index is 10.6. The predicted octanol–water partition coefficient (Wildman–Crippen LogP) is 8.54. The number of phenols is 16. The van der Waals surface area contributed by atoms with Gasteiger partial charge in [-0.25, -0.2) is 0 Å². The molecule has 0 aliphatic carbocycles. The number of hydrogen-bond donors (Lipinski definition) is 20. The molecule has 8 aromatic carbocycles. The molecule has 0 aromatic heterocycles. The van der Waals surface area contributed by atoms with E-state index >= 15 is 0 Å². The molecule has 0 aliphatic rings. The predicted molar refractivity (Wildman–Crippen MR) is 331 cm³/mol. The molecule has 0 saturated carbocycles. The molecule has 0 heterocycles. The maximum atomic E-state index is 10.6. The number of phenolic OH excluding ortho intramolecular Hbond substituents is 16. The molecule has 0 amide bonds. The van der Waals surface area contributed by atoms with E-state index in [0.717, 1.165) is 22.3 Å². The van der Waals surface area contributed by atoms with Gasteiger partial charge >= 0.3 is 0 Å². The Balaban J connectivity index is 0.000000261. The van der Waals surface area contributed by atoms with Crippen LogP contribution in [0.1, 0.15) is 70.2 Å². The van der Waals surface area contributed by atoms with Crippen LogP contribution >= 0.6 is 0 Å². The van der Waals surface area contributed by atoms with Crippen molar-refractivity contribution in [2.45, 2.75) is 77.8 Å². The molecule has 0 saturated heterocycles. The van der Waals surface area contributed by atoms with E-state index in [2.05, 4.69) is 0 Å². The molecule has 0 fully saturated rings. The van der Waals surface area contributed by atoms with Crippen molar-refractivity contribution in [3.05, 3.63) is 166 Å². The third kappa shape index (κ3) is 18.8. The zero-order valence-electron chi connectivity index (χ0n) is 49.7. The largest absolute Gasteiger partial charge is 0.504 e. The molecule has 0 spiro atoms. The lowest BCUT2D eigenvalue weighted by Crippen LogP contribution is -2.23. The molecule has 0 bridgehead atoms. The molecular weight excluding hydrogens is 1200 g/mol. The minimum Gasteiger partial charge on any atom is -0.504 e. The van der Waals surface area contributed by atoms with Crippen LogP contribution in [0.2, 0.25) is 0 Å². The van der Waals surface area contributed by atoms with Crippen LogP contribution in [0, 0.1) is 23.7 Å². The van der Waals surface area contributed by atoms with Gasteiger partial charge in [0.05, 0.1) is 0 Å². The number of ether oxygens (including phenoxy) is 4. The Morgan fingerprint density at radius 1 is 0.239 bits per heavy atom. The molecule has 0 radical (unpaired) electrons. The number of aromatic hydroxyl groups is 16. The summed E-state index contributed by atoms with van der Waals surface area (Å²) in [6, 6.07) is 29.4. The number of hydrogen-bond acceptors (Lipinski definition) is 24. The van der Waals surface area contributed by atoms with Crippen LogP contribution < -0.4 is 18.9 Å². The van der Waals surface area contributed by atoms with Gasteiger partial charge in [0.25, 0.3) is 0 Å². The Kier molecular flexibility index (Phi) is 24.3. The Hall–Kier alpha value is -10.4. The van der Waals surface area contributed by atoms with Crippen molar-refractivity contribution in [3.63, 3.8) is 0 Å². The van der Waals surface area contributed by atoms with E-state index in [0.29, 0.717) is 73.6 Å². The summed E-state index contributed by atoms with van der Waals surface area (Å²) in [5, 5.41) is 198. The van der Waals surface area contributed by atoms with Crippen molar-refractivity contribution in [2.24, 2.45) is 23.7 Å². The van der Waals surface area contributed by atoms with Crippen molar-refractivity contribution < 1.29 is 121 Å². The summed E-state index contributed by atoms with van der Waals surface area (Å²) < 4.78 is 22.5. The first kappa shape index (κ1) is 69.1. The highest BCUT2D eigenvalue weighted by atomic mass is 16.5. The Morgan fingerprint density at radius 2 is 0.435 bits per heavy atom. The second-order valence-corrected chi connectivity index (χ2v) is 22.2. The van der Waals surface area contributed by atoms with Gasteiger partial charge in [-0.2, -0.15) is 0 Å². The van der Waals surface area contributed by atoms with Crippen molar-refractivity contribution in [2.75, 3.05) is 26.4 Å². The minimum absolute atomic E-state index is 0.0293. The van der Waals surface area contributed by atoms with Crippen molar-refractivity contribution in [1.29, 1.82) is 0 Å². The lowest BCUT2D eigenvalue weighted by atomic mass is 9.80. The first-order chi connectivity index (χ1) is 44.0. The van der Waals surface area contributed by atoms with Gasteiger partial charge in [0, 0.05) is 26.4 Å². The van der Waals surface area contributed by atoms with Crippen molar-refractivity contribution >= 4 is 0 Å². The second kappa shape index (κ2) is 32.4. The zero-order chi connectivity index (χ0) is 66.8. The van der Waals surface area contributed by atoms with Crippen LogP contribution in [0.4, 0.5) is 0 Å². The number of benzene rings is 8. The van der Waals surface area contributed by atoms with Gasteiger partial charge in [-0.15, -0.1) is 0 Å². The fourth-order valence-corrected chi connectivity index (χ4v) is 10.6. The maximum Gasteiger partial charge on any atom is 0.200 e. The van der Waals surface area contributed by atoms with E-state index in [9.17, 15) is 102 Å². The standard InChI is InChI=1S/2C34H38O12/c2*35-7-1-2-23(8-19-3-5-31(25(37)10-19)45-17-21-12-27(39)33(43)28(40)13-21)24(16-36)9-20-4-6-32(26(38)11-20)46-18-22-14-29(41)34(44)30(42)15-22/h2*3-6,10-15,23-24,35-44H,1-2,7-9,16-18H2/t2*23-,24+/m10/s1. The smallest absolute Gasteiger partial charge is 0.200 e. The fourth-order valence-electron chi connectivity index (χ4n) is 10.6. The summed E-state index contributed by atoms with van der Waals surface area (Å²) in [6.45, 7) is -0.780. The van der Waals surface area contributed by atoms with Crippen molar-refractivity contribution in [3.8, 4) is 115 Å². The first-order valence-corrected chi connectivity index (χ1v) is 29.1. The molecule has 92 heavy (non-hydrogen) atoms. The summed E-state index contributed by atoms with van der Waals surface area (Å²) in [6.07, 6.45) is 3.93. The Morgan fingerprint density at radius 3 is 0.620 bits per heavy atom. The first-order valence-electron chi connectivity index (χ1n) is 29.1. The highest BCUT2D eigenvalue weighted by Crippen LogP contribution is 2.42. The summed E-state index contributed by atoms with van der Waals surface area (Å²) in [5.74, 6) is -7.18. The van der Waals surface area contributed by atoms with E-state index in [4.69, 9.17) is 18.9 Å². The van der Waals surface area contributed by atoms with Gasteiger partial charge < -0.3 is 121 Å². The van der Waals surface area contributed by atoms with E-state index in [-0.39, 0.29) is 123 Å². The van der Waals surface area contributed by atoms with Gasteiger partial charge in [-0.05, 0) is 217 Å². The average molecular weight is 1280 g/mol. The molecule has 4 atom stereocenters. The molecule has 0 aliphatic heterocycles. The molecule has 8 aromatic rings. The van der Waals surface area contributed by atoms with E-state index < -0.39 is 69.0 Å². The van der Waals surface area contributed by atoms with Crippen LogP contribution in [0.5, 0.6) is 115 Å². The molecule has 24 heteroatoms. The molecule has 20 N–H and O–H groups in total. The number of rotatable bonds is 30. The minimum atomic E-state index is -0.637. The van der Waals surface area contributed by atoms with Crippen LogP contribution in [0.3, 0.4) is 0 Å². The van der Waals surface area contributed by atoms with E-state index in [1.165, 1.54) is 60.7 Å². The van der Waals surface area contributed by atoms with E-state index in [1.54, 1.807) is 60.7 Å². The lowest BCUT2D eigenvalue weighted by molar-refractivity contribution is 0.158. The van der Waals surface area contributed by atoms with Gasteiger partial charge in [0.15, 0.2) is 115 Å². The highest BCUT2D eigenvalue weighted by Gasteiger charge is 2.26. The third-order valence-corrected chi connectivity index (χ3v) is 15.4. The Labute approximate surface area is 527 Å². The molecule has 492 valence electrons. The van der Waals surface area contributed by atoms with Crippen LogP contribution in [-0.4, -0.2) is 129 Å². The number of aliphatic hydroxyl groups excluding tert-OH is 4. The highest BCUT2D eigenvalue weighted by molar-refractivity contribution is 5.55. The summed E-state index contributed by atoms with van der Waals surface area (Å²) in [7, 11) is 0. The van der Waals surface area contributed by atoms with Gasteiger partial charge in [0.1, 0.15) is 26.4 Å². The van der Waals surface area contributed by atoms with Gasteiger partial charge in [0.2, 0.25) is 0 Å². The average Bonchev–Trinajstić information content (AvgIpc) is 1.29. The molecule has 24 nitrogen and oxygen atoms in total. The molecular formula is C68H76O24. The summed E-state index contributed by atoms with van der Waals surface area (Å²) >= 11 is 0. The number of aliphatic hydroxyl groups is 4. The van der Waals surface area contributed by atoms with Crippen molar-refractivity contribution in [1.82, 2.24) is 0 Å². The van der Waals surface area contributed by atoms with Gasteiger partial charge in [-0.1, -0.05) is 24.3 Å². The van der Waals surface area contributed by atoms with Gasteiger partial charge in [-0.3, -0.25) is 0 Å². The normalized spacial score (nSPS) is 12.5. The summed E-state index contributed by atoms with van der Waals surface area (Å²) in [5.41, 5.74) is 4.47. The molecule has 8 rings (SSSR count). The topological polar surface area (TPSA) is 442 Å². The second-order valence-electron chi connectivity index (χ2n) is 22.2. The fraction of sp³-hybridized carbons (Fsp3) is 0.294. The Bertz CT molecular complexity index is 3420. The van der Waals surface area contributed by atoms with Crippen LogP contribution in [0.25, 0.3) is 0 Å². The summed E-state index contributed by atoms with van der Waals surface area (Å²) in [4.78, 5) is 0. The lowest BCUT2D eigenvalue weighted by Gasteiger charge is -2.26. The van der Waals surface area contributed by atoms with Crippen LogP contribution in [0.15, 0.2) is 121 Å². The van der Waals surface area contributed by atoms with Crippen LogP contribution in [-0.2, 0) is 52.1 Å². The van der Waals surface area contributed by atoms with E-state index in [1.807, 2.05) is 0 Å². The SMILES string of the molecule is OCCC[C@@H](Cc1ccc(OCc2cc(O)c(O)c(O)c2)c(O)c1)[C@@H](CO)Cc1ccc(OCc2cc(O)c(O)c(O)c2)c(O)c1.OCCC[C@H](Cc1ccc(OCc2cc(O)c(O)c(O)c2)c(O)c1)[C@H](CO)Cc1ccc(OCc2cc(O)c(O)c(O)c2)c(O)c1. The molecule has 0 unspecified atom stereocenters. The zero-order valence-corrected chi connectivity index (χ0v) is 49.7. The third-order valence-electron chi connectivity index (χ3n) is 15.4.